The van der Waals surface area contributed by atoms with Crippen molar-refractivity contribution in [3.63, 3.8) is 0 Å². The summed E-state index contributed by atoms with van der Waals surface area (Å²) in [7, 11) is 0. The summed E-state index contributed by atoms with van der Waals surface area (Å²) >= 11 is 2.93. The molecule has 4 N–H and O–H groups in total. The normalized spacial score (nSPS) is 11.5. The maximum absolute atomic E-state index is 9.00. The van der Waals surface area contributed by atoms with Gasteiger partial charge in [0.15, 0.2) is 0 Å². The second kappa shape index (κ2) is 4.80. The molecule has 0 aromatic carbocycles. The molecule has 2 rings (SSSR count). The first-order valence-electron chi connectivity index (χ1n) is 5.22. The average Bonchev–Trinajstić information content (AvgIpc) is 2.81. The van der Waals surface area contributed by atoms with Gasteiger partial charge in [0.05, 0.1) is 16.1 Å². The molecule has 0 amide bonds. The van der Waals surface area contributed by atoms with Gasteiger partial charge in [-0.2, -0.15) is 5.26 Å². The molecule has 2 aromatic rings. The van der Waals surface area contributed by atoms with E-state index in [9.17, 15) is 0 Å². The molecule has 0 aliphatic heterocycles. The summed E-state index contributed by atoms with van der Waals surface area (Å²) in [5.41, 5.74) is 13.1. The van der Waals surface area contributed by atoms with Crippen molar-refractivity contribution in [3.05, 3.63) is 33.0 Å². The minimum atomic E-state index is 0.357. The molecule has 2 aromatic heterocycles. The van der Waals surface area contributed by atoms with Gasteiger partial charge in [0.25, 0.3) is 0 Å². The van der Waals surface area contributed by atoms with Gasteiger partial charge in [0.2, 0.25) is 0 Å². The molecule has 0 bridgehead atoms. The zero-order valence-electron chi connectivity index (χ0n) is 10.0. The molecule has 0 atom stereocenters. The molecular formula is C12H12N4S2. The second-order valence-corrected chi connectivity index (χ2v) is 6.34. The quantitative estimate of drug-likeness (QED) is 0.653. The maximum Gasteiger partial charge on any atom is 0.136 e. The highest BCUT2D eigenvalue weighted by Crippen LogP contribution is 2.31. The van der Waals surface area contributed by atoms with Gasteiger partial charge in [0.1, 0.15) is 16.9 Å². The first kappa shape index (κ1) is 12.6. The Kier molecular flexibility index (Phi) is 3.36. The topological polar surface area (TPSA) is 88.2 Å². The van der Waals surface area contributed by atoms with Gasteiger partial charge in [-0.25, -0.2) is 4.99 Å². The van der Waals surface area contributed by atoms with Crippen molar-refractivity contribution < 1.29 is 0 Å². The van der Waals surface area contributed by atoms with Crippen molar-refractivity contribution in [1.82, 2.24) is 0 Å². The molecule has 0 saturated carbocycles. The van der Waals surface area contributed by atoms with E-state index in [1.807, 2.05) is 19.9 Å². The number of nitriles is 1. The molecule has 4 nitrogen and oxygen atoms in total. The van der Waals surface area contributed by atoms with Crippen LogP contribution in [0.1, 0.15) is 20.9 Å². The van der Waals surface area contributed by atoms with Gasteiger partial charge in [-0.05, 0) is 26.0 Å². The van der Waals surface area contributed by atoms with Crippen LogP contribution in [0.4, 0.5) is 10.0 Å². The van der Waals surface area contributed by atoms with E-state index in [0.717, 1.165) is 15.3 Å². The molecule has 0 saturated heterocycles. The van der Waals surface area contributed by atoms with Crippen LogP contribution >= 0.6 is 22.7 Å². The lowest BCUT2D eigenvalue weighted by atomic mass is 10.2. The molecule has 0 spiro atoms. The SMILES string of the molecule is Cc1cc(/C(N)=N/c2sc(C)cc2C#N)c(N)s1. The summed E-state index contributed by atoms with van der Waals surface area (Å²) < 4.78 is 0. The number of hydrogen-bond donors (Lipinski definition) is 2. The van der Waals surface area contributed by atoms with Crippen molar-refractivity contribution in [2.24, 2.45) is 10.7 Å². The Hall–Kier alpha value is -1.84. The number of nitrogens with zero attached hydrogens (tertiary/aromatic N) is 2. The van der Waals surface area contributed by atoms with Crippen LogP contribution in [0.3, 0.4) is 0 Å². The van der Waals surface area contributed by atoms with Gasteiger partial charge in [-0.3, -0.25) is 0 Å². The number of aryl methyl sites for hydroxylation is 2. The average molecular weight is 276 g/mol. The number of nitrogen functional groups attached to an aromatic ring is 1. The molecule has 0 radical (unpaired) electrons. The fourth-order valence-electron chi connectivity index (χ4n) is 1.57. The third kappa shape index (κ3) is 2.37. The van der Waals surface area contributed by atoms with Crippen LogP contribution in [0.2, 0.25) is 0 Å². The summed E-state index contributed by atoms with van der Waals surface area (Å²) in [4.78, 5) is 6.43. The Morgan fingerprint density at radius 1 is 1.28 bits per heavy atom. The Morgan fingerprint density at radius 2 is 1.94 bits per heavy atom. The summed E-state index contributed by atoms with van der Waals surface area (Å²) in [5, 5.41) is 10.3. The number of aliphatic imine (C=N–C) groups is 1. The smallest absolute Gasteiger partial charge is 0.136 e. The van der Waals surface area contributed by atoms with Crippen molar-refractivity contribution in [3.8, 4) is 6.07 Å². The zero-order valence-corrected chi connectivity index (χ0v) is 11.7. The van der Waals surface area contributed by atoms with Crippen LogP contribution in [0.15, 0.2) is 17.1 Å². The van der Waals surface area contributed by atoms with Gasteiger partial charge in [-0.15, -0.1) is 22.7 Å². The Labute approximate surface area is 113 Å². The standard InChI is InChI=1S/C12H12N4S2/c1-6-3-8(5-13)12(18-6)16-10(14)9-4-7(2)17-11(9)15/h3-4H,15H2,1-2H3,(H2,14,16). The Morgan fingerprint density at radius 3 is 2.50 bits per heavy atom. The van der Waals surface area contributed by atoms with Crippen LogP contribution in [-0.4, -0.2) is 5.84 Å². The third-order valence-corrected chi connectivity index (χ3v) is 4.16. The van der Waals surface area contributed by atoms with Crippen molar-refractivity contribution in [1.29, 1.82) is 5.26 Å². The lowest BCUT2D eigenvalue weighted by Crippen LogP contribution is -2.13. The molecular weight excluding hydrogens is 264 g/mol. The fourth-order valence-corrected chi connectivity index (χ4v) is 3.20. The van der Waals surface area contributed by atoms with Crippen LogP contribution < -0.4 is 11.5 Å². The van der Waals surface area contributed by atoms with E-state index in [0.29, 0.717) is 21.4 Å². The summed E-state index contributed by atoms with van der Waals surface area (Å²) in [5.74, 6) is 0.357. The van der Waals surface area contributed by atoms with Crippen molar-refractivity contribution >= 4 is 38.5 Å². The van der Waals surface area contributed by atoms with E-state index in [1.54, 1.807) is 6.07 Å². The third-order valence-electron chi connectivity index (χ3n) is 2.34. The molecule has 0 aliphatic carbocycles. The number of hydrogen-bond acceptors (Lipinski definition) is 5. The van der Waals surface area contributed by atoms with Gasteiger partial charge >= 0.3 is 0 Å². The van der Waals surface area contributed by atoms with Gasteiger partial charge < -0.3 is 11.5 Å². The maximum atomic E-state index is 9.00. The van der Waals surface area contributed by atoms with E-state index in [1.165, 1.54) is 22.7 Å². The predicted octanol–water partition coefficient (Wildman–Crippen LogP) is 2.92. The molecule has 18 heavy (non-hydrogen) atoms. The lowest BCUT2D eigenvalue weighted by Gasteiger charge is -1.98. The van der Waals surface area contributed by atoms with Crippen molar-refractivity contribution in [2.45, 2.75) is 13.8 Å². The lowest BCUT2D eigenvalue weighted by molar-refractivity contribution is 1.46. The number of anilines is 1. The van der Waals surface area contributed by atoms with E-state index >= 15 is 0 Å². The Bertz CT molecular complexity index is 658. The number of amidine groups is 1. The van der Waals surface area contributed by atoms with E-state index in [2.05, 4.69) is 11.1 Å². The van der Waals surface area contributed by atoms with E-state index < -0.39 is 0 Å². The zero-order chi connectivity index (χ0) is 13.3. The van der Waals surface area contributed by atoms with Crippen LogP contribution in [0, 0.1) is 25.2 Å². The van der Waals surface area contributed by atoms with Gasteiger partial charge in [0, 0.05) is 9.75 Å². The highest BCUT2D eigenvalue weighted by atomic mass is 32.1. The molecule has 6 heteroatoms. The van der Waals surface area contributed by atoms with Crippen LogP contribution in [0.5, 0.6) is 0 Å². The first-order valence-corrected chi connectivity index (χ1v) is 6.85. The highest BCUT2D eigenvalue weighted by Gasteiger charge is 2.10. The Balaban J connectivity index is 2.45. The largest absolute Gasteiger partial charge is 0.390 e. The van der Waals surface area contributed by atoms with Gasteiger partial charge in [-0.1, -0.05) is 0 Å². The number of rotatable bonds is 2. The van der Waals surface area contributed by atoms with E-state index in [-0.39, 0.29) is 0 Å². The van der Waals surface area contributed by atoms with Crippen LogP contribution in [0.25, 0.3) is 0 Å². The highest BCUT2D eigenvalue weighted by molar-refractivity contribution is 7.16. The predicted molar refractivity (Wildman–Crippen MR) is 77.6 cm³/mol. The number of nitrogens with two attached hydrogens (primary N) is 2. The molecule has 92 valence electrons. The minimum Gasteiger partial charge on any atom is -0.390 e. The van der Waals surface area contributed by atoms with E-state index in [4.69, 9.17) is 16.7 Å². The molecule has 0 aliphatic rings. The minimum absolute atomic E-state index is 0.357. The summed E-state index contributed by atoms with van der Waals surface area (Å²) in [6.45, 7) is 3.90. The van der Waals surface area contributed by atoms with Crippen LogP contribution in [-0.2, 0) is 0 Å². The summed E-state index contributed by atoms with van der Waals surface area (Å²) in [6.07, 6.45) is 0. The van der Waals surface area contributed by atoms with Crippen molar-refractivity contribution in [2.75, 3.05) is 5.73 Å². The molecule has 0 unspecified atom stereocenters. The monoisotopic (exact) mass is 276 g/mol. The fraction of sp³-hybridized carbons (Fsp3) is 0.167. The molecule has 2 heterocycles. The first-order chi connectivity index (χ1) is 8.51. The molecule has 0 fully saturated rings. The summed E-state index contributed by atoms with van der Waals surface area (Å²) in [6, 6.07) is 5.82. The number of thiophene rings is 2. The second-order valence-electron chi connectivity index (χ2n) is 3.82.